The molecule has 1 N–H and O–H groups in total. The number of nitrogens with zero attached hydrogens (tertiary/aromatic N) is 1. The van der Waals surface area contributed by atoms with Gasteiger partial charge in [-0.1, -0.05) is 50.3 Å². The van der Waals surface area contributed by atoms with Crippen LogP contribution in [0.5, 0.6) is 0 Å². The summed E-state index contributed by atoms with van der Waals surface area (Å²) in [5, 5.41) is 3.54. The highest BCUT2D eigenvalue weighted by Crippen LogP contribution is 2.14. The summed E-state index contributed by atoms with van der Waals surface area (Å²) in [7, 11) is 0. The minimum absolute atomic E-state index is 0.727. The lowest BCUT2D eigenvalue weighted by atomic mass is 10.0. The van der Waals surface area contributed by atoms with Crippen molar-refractivity contribution in [1.29, 1.82) is 0 Å². The van der Waals surface area contributed by atoms with Gasteiger partial charge in [0.25, 0.3) is 0 Å². The molecule has 0 aliphatic carbocycles. The molecule has 0 bridgehead atoms. The van der Waals surface area contributed by atoms with E-state index >= 15 is 0 Å². The van der Waals surface area contributed by atoms with Crippen LogP contribution < -0.4 is 5.32 Å². The van der Waals surface area contributed by atoms with E-state index in [0.717, 1.165) is 38.5 Å². The van der Waals surface area contributed by atoms with E-state index in [1.807, 2.05) is 0 Å². The summed E-state index contributed by atoms with van der Waals surface area (Å²) in [5.74, 6) is 0.727. The van der Waals surface area contributed by atoms with Gasteiger partial charge in [0.2, 0.25) is 0 Å². The van der Waals surface area contributed by atoms with Crippen molar-refractivity contribution in [2.24, 2.45) is 5.92 Å². The minimum atomic E-state index is 0.727. The van der Waals surface area contributed by atoms with Crippen LogP contribution in [0.3, 0.4) is 0 Å². The highest BCUT2D eigenvalue weighted by Gasteiger charge is 2.09. The Hall–Kier alpha value is -1.12. The van der Waals surface area contributed by atoms with E-state index in [0.29, 0.717) is 0 Å². The predicted molar refractivity (Wildman–Crippen MR) is 86.9 cm³/mol. The van der Waals surface area contributed by atoms with Crippen molar-refractivity contribution in [1.82, 2.24) is 10.2 Å². The van der Waals surface area contributed by atoms with Gasteiger partial charge in [0.05, 0.1) is 0 Å². The zero-order chi connectivity index (χ0) is 14.2. The first-order chi connectivity index (χ1) is 9.75. The molecule has 0 saturated heterocycles. The van der Waals surface area contributed by atoms with Crippen molar-refractivity contribution in [2.75, 3.05) is 26.2 Å². The highest BCUT2D eigenvalue weighted by atomic mass is 15.1. The lowest BCUT2D eigenvalue weighted by Crippen LogP contribution is -2.27. The molecule has 2 heteroatoms. The molecule has 0 unspecified atom stereocenters. The first-order valence-corrected chi connectivity index (χ1v) is 7.90. The molecule has 0 spiro atoms. The topological polar surface area (TPSA) is 15.3 Å². The van der Waals surface area contributed by atoms with E-state index in [9.17, 15) is 0 Å². The molecule has 0 saturated carbocycles. The van der Waals surface area contributed by atoms with Crippen molar-refractivity contribution in [2.45, 2.75) is 33.2 Å². The number of hydrogen-bond donors (Lipinski definition) is 1. The maximum absolute atomic E-state index is 3.54. The molecule has 0 fully saturated rings. The summed E-state index contributed by atoms with van der Waals surface area (Å²) in [6.07, 6.45) is 6.90. The molecule has 0 radical (unpaired) electrons. The smallest absolute Gasteiger partial charge is 0.0239 e. The molecule has 2 rings (SSSR count). The molecule has 1 aliphatic heterocycles. The molecule has 2 nitrogen and oxygen atoms in total. The van der Waals surface area contributed by atoms with Crippen LogP contribution in [-0.4, -0.2) is 31.1 Å². The molecule has 1 heterocycles. The molecule has 0 atom stereocenters. The van der Waals surface area contributed by atoms with E-state index in [2.05, 4.69) is 60.5 Å². The van der Waals surface area contributed by atoms with Crippen LogP contribution in [0, 0.1) is 5.92 Å². The number of nitrogens with one attached hydrogen (secondary N) is 1. The van der Waals surface area contributed by atoms with E-state index < -0.39 is 0 Å². The van der Waals surface area contributed by atoms with E-state index in [4.69, 9.17) is 0 Å². The standard InChI is InChI=1S/C18H28N2/c1-16(2)14-19-11-10-17-8-4-5-9-18(17)15-20-12-6-3-7-13-20/h3-6,8-9,16,19H,7,10-15H2,1-2H3. The lowest BCUT2D eigenvalue weighted by molar-refractivity contribution is 0.290. The van der Waals surface area contributed by atoms with Crippen molar-refractivity contribution in [3.05, 3.63) is 47.5 Å². The second-order valence-corrected chi connectivity index (χ2v) is 6.11. The van der Waals surface area contributed by atoms with E-state index in [-0.39, 0.29) is 0 Å². The first kappa shape index (κ1) is 15.3. The molecule has 20 heavy (non-hydrogen) atoms. The van der Waals surface area contributed by atoms with Gasteiger partial charge in [0.1, 0.15) is 0 Å². The summed E-state index contributed by atoms with van der Waals surface area (Å²) in [6.45, 7) is 10.1. The summed E-state index contributed by atoms with van der Waals surface area (Å²) < 4.78 is 0. The van der Waals surface area contributed by atoms with Crippen LogP contribution in [0.2, 0.25) is 0 Å². The third-order valence-electron chi connectivity index (χ3n) is 3.78. The summed E-state index contributed by atoms with van der Waals surface area (Å²) in [4.78, 5) is 2.53. The Bertz CT molecular complexity index is 423. The predicted octanol–water partition coefficient (Wildman–Crippen LogP) is 3.24. The number of rotatable bonds is 7. The largest absolute Gasteiger partial charge is 0.316 e. The Morgan fingerprint density at radius 1 is 1.15 bits per heavy atom. The van der Waals surface area contributed by atoms with Gasteiger partial charge in [-0.15, -0.1) is 0 Å². The van der Waals surface area contributed by atoms with Gasteiger partial charge >= 0.3 is 0 Å². The molecular formula is C18H28N2. The molecule has 0 amide bonds. The van der Waals surface area contributed by atoms with Crippen LogP contribution in [0.1, 0.15) is 31.4 Å². The quantitative estimate of drug-likeness (QED) is 0.605. The molecular weight excluding hydrogens is 244 g/mol. The average molecular weight is 272 g/mol. The Morgan fingerprint density at radius 3 is 2.65 bits per heavy atom. The van der Waals surface area contributed by atoms with Crippen molar-refractivity contribution in [3.8, 4) is 0 Å². The molecule has 1 aliphatic rings. The van der Waals surface area contributed by atoms with E-state index in [1.54, 1.807) is 0 Å². The third kappa shape index (κ3) is 5.10. The fourth-order valence-corrected chi connectivity index (χ4v) is 2.64. The van der Waals surface area contributed by atoms with Crippen LogP contribution in [-0.2, 0) is 13.0 Å². The van der Waals surface area contributed by atoms with Crippen LogP contribution in [0.25, 0.3) is 0 Å². The summed E-state index contributed by atoms with van der Waals surface area (Å²) in [5.41, 5.74) is 2.99. The third-order valence-corrected chi connectivity index (χ3v) is 3.78. The van der Waals surface area contributed by atoms with E-state index in [1.165, 1.54) is 24.1 Å². The Balaban J connectivity index is 1.86. The molecule has 1 aromatic rings. The van der Waals surface area contributed by atoms with Gasteiger partial charge in [0, 0.05) is 19.6 Å². The zero-order valence-electron chi connectivity index (χ0n) is 12.9. The van der Waals surface area contributed by atoms with Crippen molar-refractivity contribution >= 4 is 0 Å². The number of benzene rings is 1. The Labute approximate surface area is 123 Å². The van der Waals surface area contributed by atoms with Crippen LogP contribution in [0.4, 0.5) is 0 Å². The summed E-state index contributed by atoms with van der Waals surface area (Å²) in [6, 6.07) is 8.90. The van der Waals surface area contributed by atoms with Crippen molar-refractivity contribution in [3.63, 3.8) is 0 Å². The highest BCUT2D eigenvalue weighted by molar-refractivity contribution is 5.27. The first-order valence-electron chi connectivity index (χ1n) is 7.90. The fourth-order valence-electron chi connectivity index (χ4n) is 2.64. The van der Waals surface area contributed by atoms with Gasteiger partial charge < -0.3 is 5.32 Å². The normalized spacial score (nSPS) is 15.9. The maximum atomic E-state index is 3.54. The van der Waals surface area contributed by atoms with Gasteiger partial charge in [-0.25, -0.2) is 0 Å². The molecule has 1 aromatic carbocycles. The van der Waals surface area contributed by atoms with Crippen LogP contribution >= 0.6 is 0 Å². The second kappa shape index (κ2) is 8.23. The SMILES string of the molecule is CC(C)CNCCc1ccccc1CN1CC=CCC1. The van der Waals surface area contributed by atoms with Gasteiger partial charge in [-0.2, -0.15) is 0 Å². The monoisotopic (exact) mass is 272 g/mol. The Morgan fingerprint density at radius 2 is 1.95 bits per heavy atom. The Kier molecular flexibility index (Phi) is 6.28. The van der Waals surface area contributed by atoms with Crippen molar-refractivity contribution < 1.29 is 0 Å². The van der Waals surface area contributed by atoms with Gasteiger partial charge in [-0.3, -0.25) is 4.90 Å². The minimum Gasteiger partial charge on any atom is -0.316 e. The number of hydrogen-bond acceptors (Lipinski definition) is 2. The lowest BCUT2D eigenvalue weighted by Gasteiger charge is -2.24. The average Bonchev–Trinajstić information content (AvgIpc) is 2.46. The van der Waals surface area contributed by atoms with Gasteiger partial charge in [0.15, 0.2) is 0 Å². The summed E-state index contributed by atoms with van der Waals surface area (Å²) >= 11 is 0. The van der Waals surface area contributed by atoms with Crippen LogP contribution in [0.15, 0.2) is 36.4 Å². The molecule has 0 aromatic heterocycles. The fraction of sp³-hybridized carbons (Fsp3) is 0.556. The maximum Gasteiger partial charge on any atom is 0.0239 e. The molecule has 110 valence electrons. The zero-order valence-corrected chi connectivity index (χ0v) is 12.9. The second-order valence-electron chi connectivity index (χ2n) is 6.11. The van der Waals surface area contributed by atoms with Gasteiger partial charge in [-0.05, 0) is 43.0 Å².